The van der Waals surface area contributed by atoms with Crippen molar-refractivity contribution in [2.45, 2.75) is 19.9 Å². The van der Waals surface area contributed by atoms with Crippen LogP contribution in [0.5, 0.6) is 0 Å². The lowest BCUT2D eigenvalue weighted by molar-refractivity contribution is -0.114. The summed E-state index contributed by atoms with van der Waals surface area (Å²) in [7, 11) is 0. The number of nitrogens with zero attached hydrogens (tertiary/aromatic N) is 4. The number of carbonyl (C=O) groups excluding carboxylic acids is 1. The van der Waals surface area contributed by atoms with E-state index >= 15 is 0 Å². The third-order valence-corrected chi connectivity index (χ3v) is 3.20. The Kier molecular flexibility index (Phi) is 2.63. The monoisotopic (exact) mass is 255 g/mol. The fourth-order valence-electron chi connectivity index (χ4n) is 2.40. The molecular formula is C13H13N5O. The van der Waals surface area contributed by atoms with E-state index in [2.05, 4.69) is 20.4 Å². The first-order valence-electron chi connectivity index (χ1n) is 5.96. The quantitative estimate of drug-likeness (QED) is 0.881. The van der Waals surface area contributed by atoms with Gasteiger partial charge in [-0.25, -0.2) is 4.68 Å². The normalized spacial score (nSPS) is 17.9. The molecule has 1 aliphatic heterocycles. The Balaban J connectivity index is 2.21. The molecule has 1 unspecified atom stereocenters. The third-order valence-electron chi connectivity index (χ3n) is 3.20. The van der Waals surface area contributed by atoms with E-state index in [4.69, 9.17) is 0 Å². The second-order valence-corrected chi connectivity index (χ2v) is 4.43. The summed E-state index contributed by atoms with van der Waals surface area (Å²) < 4.78 is 1.72. The zero-order valence-electron chi connectivity index (χ0n) is 10.7. The maximum atomic E-state index is 11.9. The molecule has 2 aromatic rings. The van der Waals surface area contributed by atoms with Gasteiger partial charge in [0.1, 0.15) is 12.4 Å². The Morgan fingerprint density at radius 1 is 1.37 bits per heavy atom. The lowest BCUT2D eigenvalue weighted by atomic mass is 9.94. The SMILES string of the molecule is CC(=O)C1=C(C)Nc2ncnn2C1c1ccncc1. The zero-order chi connectivity index (χ0) is 13.4. The Hall–Kier alpha value is -2.50. The minimum atomic E-state index is -0.251. The molecule has 96 valence electrons. The van der Waals surface area contributed by atoms with Crippen molar-refractivity contribution in [2.24, 2.45) is 0 Å². The molecule has 0 fully saturated rings. The summed E-state index contributed by atoms with van der Waals surface area (Å²) in [5.74, 6) is 0.664. The summed E-state index contributed by atoms with van der Waals surface area (Å²) in [4.78, 5) is 20.1. The molecule has 0 spiro atoms. The van der Waals surface area contributed by atoms with Crippen LogP contribution in [0.15, 0.2) is 42.1 Å². The number of aromatic nitrogens is 4. The number of carbonyl (C=O) groups is 1. The Morgan fingerprint density at radius 3 is 2.79 bits per heavy atom. The molecule has 19 heavy (non-hydrogen) atoms. The molecule has 6 nitrogen and oxygen atoms in total. The van der Waals surface area contributed by atoms with E-state index in [1.807, 2.05) is 19.1 Å². The molecule has 1 aliphatic rings. The summed E-state index contributed by atoms with van der Waals surface area (Å²) >= 11 is 0. The summed E-state index contributed by atoms with van der Waals surface area (Å²) in [6.07, 6.45) is 4.90. The van der Waals surface area contributed by atoms with Crippen molar-refractivity contribution in [2.75, 3.05) is 5.32 Å². The highest BCUT2D eigenvalue weighted by Gasteiger charge is 2.31. The van der Waals surface area contributed by atoms with Crippen LogP contribution < -0.4 is 5.32 Å². The first-order chi connectivity index (χ1) is 9.18. The van der Waals surface area contributed by atoms with Gasteiger partial charge in [-0.2, -0.15) is 10.1 Å². The highest BCUT2D eigenvalue weighted by Crippen LogP contribution is 2.34. The molecule has 0 radical (unpaired) electrons. The third kappa shape index (κ3) is 1.81. The first-order valence-corrected chi connectivity index (χ1v) is 5.96. The standard InChI is InChI=1S/C13H13N5O/c1-8-11(9(2)19)12(10-3-5-14-6-4-10)18-13(17-8)15-7-16-18/h3-7,12H,1-2H3,(H,15,16,17). The van der Waals surface area contributed by atoms with Gasteiger partial charge < -0.3 is 5.32 Å². The highest BCUT2D eigenvalue weighted by atomic mass is 16.1. The van der Waals surface area contributed by atoms with Crippen molar-refractivity contribution >= 4 is 11.7 Å². The molecule has 6 heteroatoms. The first kappa shape index (κ1) is 11.6. The fourth-order valence-corrected chi connectivity index (χ4v) is 2.40. The minimum absolute atomic E-state index is 0.0213. The van der Waals surface area contributed by atoms with Gasteiger partial charge in [-0.15, -0.1) is 0 Å². The minimum Gasteiger partial charge on any atom is -0.328 e. The van der Waals surface area contributed by atoms with Crippen molar-refractivity contribution in [3.05, 3.63) is 47.7 Å². The van der Waals surface area contributed by atoms with Gasteiger partial charge in [0, 0.05) is 23.7 Å². The lowest BCUT2D eigenvalue weighted by Crippen LogP contribution is -2.27. The van der Waals surface area contributed by atoms with Crippen molar-refractivity contribution in [1.82, 2.24) is 19.7 Å². The van der Waals surface area contributed by atoms with Crippen LogP contribution >= 0.6 is 0 Å². The van der Waals surface area contributed by atoms with E-state index in [1.54, 1.807) is 24.0 Å². The number of rotatable bonds is 2. The van der Waals surface area contributed by atoms with Crippen LogP contribution in [0.2, 0.25) is 0 Å². The van der Waals surface area contributed by atoms with Crippen molar-refractivity contribution in [3.8, 4) is 0 Å². The van der Waals surface area contributed by atoms with Crippen LogP contribution in [0, 0.1) is 0 Å². The second-order valence-electron chi connectivity index (χ2n) is 4.43. The number of nitrogens with one attached hydrogen (secondary N) is 1. The molecule has 0 saturated heterocycles. The molecule has 0 saturated carbocycles. The molecule has 1 atom stereocenters. The Bertz CT molecular complexity index is 659. The molecule has 3 rings (SSSR count). The van der Waals surface area contributed by atoms with Crippen molar-refractivity contribution in [1.29, 1.82) is 0 Å². The molecular weight excluding hydrogens is 242 g/mol. The van der Waals surface area contributed by atoms with Gasteiger partial charge in [0.15, 0.2) is 5.78 Å². The van der Waals surface area contributed by atoms with E-state index < -0.39 is 0 Å². The number of ketones is 1. The zero-order valence-corrected chi connectivity index (χ0v) is 10.7. The van der Waals surface area contributed by atoms with E-state index in [0.717, 1.165) is 11.3 Å². The van der Waals surface area contributed by atoms with Crippen molar-refractivity contribution in [3.63, 3.8) is 0 Å². The smallest absolute Gasteiger partial charge is 0.226 e. The number of anilines is 1. The van der Waals surface area contributed by atoms with Crippen LogP contribution in [0.25, 0.3) is 0 Å². The van der Waals surface area contributed by atoms with E-state index in [9.17, 15) is 4.79 Å². The van der Waals surface area contributed by atoms with Gasteiger partial charge in [0.25, 0.3) is 0 Å². The molecule has 1 N–H and O–H groups in total. The molecule has 0 aromatic carbocycles. The van der Waals surface area contributed by atoms with Gasteiger partial charge in [-0.05, 0) is 31.5 Å². The van der Waals surface area contributed by atoms with Gasteiger partial charge in [0.2, 0.25) is 5.95 Å². The highest BCUT2D eigenvalue weighted by molar-refractivity contribution is 5.96. The number of hydrogen-bond acceptors (Lipinski definition) is 5. The van der Waals surface area contributed by atoms with Crippen LogP contribution in [0.1, 0.15) is 25.5 Å². The molecule has 3 heterocycles. The largest absolute Gasteiger partial charge is 0.328 e. The van der Waals surface area contributed by atoms with Gasteiger partial charge in [0.05, 0.1) is 0 Å². The average Bonchev–Trinajstić information content (AvgIpc) is 2.85. The molecule has 0 bridgehead atoms. The number of pyridine rings is 1. The van der Waals surface area contributed by atoms with E-state index in [1.165, 1.54) is 6.33 Å². The Morgan fingerprint density at radius 2 is 2.11 bits per heavy atom. The maximum Gasteiger partial charge on any atom is 0.226 e. The summed E-state index contributed by atoms with van der Waals surface area (Å²) in [6.45, 7) is 3.44. The number of fused-ring (bicyclic) bond motifs is 1. The number of Topliss-reactive ketones (excluding diaryl/α,β-unsaturated/α-hetero) is 1. The van der Waals surface area contributed by atoms with E-state index in [-0.39, 0.29) is 11.8 Å². The molecule has 0 aliphatic carbocycles. The summed E-state index contributed by atoms with van der Waals surface area (Å²) in [6, 6.07) is 3.52. The topological polar surface area (TPSA) is 72.7 Å². The predicted molar refractivity (Wildman–Crippen MR) is 69.4 cm³/mol. The van der Waals surface area contributed by atoms with Gasteiger partial charge >= 0.3 is 0 Å². The molecule has 0 amide bonds. The Labute approximate surface area is 110 Å². The lowest BCUT2D eigenvalue weighted by Gasteiger charge is -2.27. The number of hydrogen-bond donors (Lipinski definition) is 1. The number of allylic oxidation sites excluding steroid dienone is 2. The average molecular weight is 255 g/mol. The van der Waals surface area contributed by atoms with Crippen molar-refractivity contribution < 1.29 is 4.79 Å². The predicted octanol–water partition coefficient (Wildman–Crippen LogP) is 1.55. The van der Waals surface area contributed by atoms with Gasteiger partial charge in [-0.3, -0.25) is 9.78 Å². The van der Waals surface area contributed by atoms with Crippen LogP contribution in [-0.2, 0) is 4.79 Å². The fraction of sp³-hybridized carbons (Fsp3) is 0.231. The maximum absolute atomic E-state index is 11.9. The van der Waals surface area contributed by atoms with E-state index in [0.29, 0.717) is 11.5 Å². The molecule has 2 aromatic heterocycles. The summed E-state index contributed by atoms with van der Waals surface area (Å²) in [5, 5.41) is 7.32. The van der Waals surface area contributed by atoms with Crippen LogP contribution in [-0.4, -0.2) is 25.5 Å². The van der Waals surface area contributed by atoms with Crippen LogP contribution in [0.3, 0.4) is 0 Å². The van der Waals surface area contributed by atoms with Crippen LogP contribution in [0.4, 0.5) is 5.95 Å². The van der Waals surface area contributed by atoms with Gasteiger partial charge in [-0.1, -0.05) is 0 Å². The summed E-state index contributed by atoms with van der Waals surface area (Å²) in [5.41, 5.74) is 2.48. The second kappa shape index (κ2) is 4.31.